The van der Waals surface area contributed by atoms with E-state index in [0.717, 1.165) is 5.56 Å². The summed E-state index contributed by atoms with van der Waals surface area (Å²) in [6, 6.07) is 4.66. The number of nitrogen functional groups attached to an aromatic ring is 1. The van der Waals surface area contributed by atoms with E-state index in [0.29, 0.717) is 5.69 Å². The number of anilines is 1. The summed E-state index contributed by atoms with van der Waals surface area (Å²) in [6.45, 7) is 6.09. The van der Waals surface area contributed by atoms with Gasteiger partial charge in [-0.15, -0.1) is 0 Å². The Kier molecular flexibility index (Phi) is 2.09. The van der Waals surface area contributed by atoms with Crippen molar-refractivity contribution in [3.05, 3.63) is 29.6 Å². The summed E-state index contributed by atoms with van der Waals surface area (Å²) in [4.78, 5) is 0. The third kappa shape index (κ3) is 1.97. The van der Waals surface area contributed by atoms with Crippen LogP contribution in [0.2, 0.25) is 0 Å². The molecule has 0 aliphatic carbocycles. The first-order chi connectivity index (χ1) is 5.39. The number of benzene rings is 1. The van der Waals surface area contributed by atoms with Crippen molar-refractivity contribution in [2.75, 3.05) is 5.73 Å². The molecule has 0 atom stereocenters. The molecule has 0 unspecified atom stereocenters. The van der Waals surface area contributed by atoms with Crippen LogP contribution in [0.4, 0.5) is 10.1 Å². The normalized spacial score (nSPS) is 11.7. The van der Waals surface area contributed by atoms with Crippen molar-refractivity contribution in [3.8, 4) is 0 Å². The Hall–Kier alpha value is -1.05. The molecule has 0 amide bonds. The number of hydrogen-bond donors (Lipinski definition) is 1. The summed E-state index contributed by atoms with van der Waals surface area (Å²) in [6.07, 6.45) is 0. The summed E-state index contributed by atoms with van der Waals surface area (Å²) in [5, 5.41) is 0. The van der Waals surface area contributed by atoms with Crippen LogP contribution in [0.5, 0.6) is 0 Å². The monoisotopic (exact) mass is 167 g/mol. The van der Waals surface area contributed by atoms with Gasteiger partial charge in [0.2, 0.25) is 0 Å². The molecule has 0 bridgehead atoms. The summed E-state index contributed by atoms with van der Waals surface area (Å²) in [7, 11) is 0. The average molecular weight is 167 g/mol. The van der Waals surface area contributed by atoms with Gasteiger partial charge in [-0.3, -0.25) is 0 Å². The van der Waals surface area contributed by atoms with Crippen LogP contribution in [0.15, 0.2) is 18.2 Å². The zero-order chi connectivity index (χ0) is 9.35. The maximum absolute atomic E-state index is 12.9. The molecular weight excluding hydrogens is 153 g/mol. The molecule has 1 rings (SSSR count). The van der Waals surface area contributed by atoms with E-state index in [4.69, 9.17) is 5.73 Å². The summed E-state index contributed by atoms with van der Waals surface area (Å²) in [5.41, 5.74) is 6.89. The minimum Gasteiger partial charge on any atom is -0.399 e. The molecule has 0 aliphatic rings. The first-order valence-electron chi connectivity index (χ1n) is 3.96. The second kappa shape index (κ2) is 2.77. The van der Waals surface area contributed by atoms with Gasteiger partial charge in [0.15, 0.2) is 0 Å². The molecule has 0 radical (unpaired) electrons. The van der Waals surface area contributed by atoms with Gasteiger partial charge in [0.05, 0.1) is 0 Å². The van der Waals surface area contributed by atoms with E-state index in [1.165, 1.54) is 12.1 Å². The van der Waals surface area contributed by atoms with Crippen LogP contribution in [0.3, 0.4) is 0 Å². The molecule has 2 N–H and O–H groups in total. The van der Waals surface area contributed by atoms with Crippen molar-refractivity contribution in [2.24, 2.45) is 0 Å². The smallest absolute Gasteiger partial charge is 0.125 e. The fraction of sp³-hybridized carbons (Fsp3) is 0.400. The van der Waals surface area contributed by atoms with E-state index in [-0.39, 0.29) is 11.2 Å². The quantitative estimate of drug-likeness (QED) is 0.591. The Bertz CT molecular complexity index is 266. The highest BCUT2D eigenvalue weighted by molar-refractivity contribution is 5.43. The van der Waals surface area contributed by atoms with Gasteiger partial charge in [-0.1, -0.05) is 20.8 Å². The van der Waals surface area contributed by atoms with Crippen molar-refractivity contribution < 1.29 is 4.39 Å². The van der Waals surface area contributed by atoms with E-state index >= 15 is 0 Å². The molecular formula is C10H14FN. The van der Waals surface area contributed by atoms with E-state index in [1.54, 1.807) is 0 Å². The number of hydrogen-bond acceptors (Lipinski definition) is 1. The molecule has 2 heteroatoms. The molecule has 0 aliphatic heterocycles. The zero-order valence-electron chi connectivity index (χ0n) is 7.69. The molecule has 0 saturated carbocycles. The fourth-order valence-corrected chi connectivity index (χ4v) is 1.05. The SMILES string of the molecule is CC(C)(C)c1cc(N)cc(F)c1. The van der Waals surface area contributed by atoms with E-state index in [9.17, 15) is 4.39 Å². The highest BCUT2D eigenvalue weighted by Gasteiger charge is 2.14. The van der Waals surface area contributed by atoms with Crippen molar-refractivity contribution >= 4 is 5.69 Å². The molecule has 1 aromatic carbocycles. The Labute approximate surface area is 72.4 Å². The topological polar surface area (TPSA) is 26.0 Å². The molecule has 66 valence electrons. The maximum Gasteiger partial charge on any atom is 0.125 e. The van der Waals surface area contributed by atoms with E-state index in [1.807, 2.05) is 26.8 Å². The predicted molar refractivity (Wildman–Crippen MR) is 49.5 cm³/mol. The third-order valence-corrected chi connectivity index (χ3v) is 1.79. The first kappa shape index (κ1) is 9.04. The van der Waals surface area contributed by atoms with E-state index < -0.39 is 0 Å². The molecule has 12 heavy (non-hydrogen) atoms. The third-order valence-electron chi connectivity index (χ3n) is 1.79. The lowest BCUT2D eigenvalue weighted by Gasteiger charge is -2.19. The summed E-state index contributed by atoms with van der Waals surface area (Å²) < 4.78 is 12.9. The van der Waals surface area contributed by atoms with Crippen LogP contribution in [0.1, 0.15) is 26.3 Å². The largest absolute Gasteiger partial charge is 0.399 e. The van der Waals surface area contributed by atoms with Crippen molar-refractivity contribution in [2.45, 2.75) is 26.2 Å². The molecule has 0 aromatic heterocycles. The lowest BCUT2D eigenvalue weighted by molar-refractivity contribution is 0.573. The lowest BCUT2D eigenvalue weighted by Crippen LogP contribution is -2.11. The molecule has 0 fully saturated rings. The minimum atomic E-state index is -0.264. The zero-order valence-corrected chi connectivity index (χ0v) is 7.69. The highest BCUT2D eigenvalue weighted by Crippen LogP contribution is 2.24. The lowest BCUT2D eigenvalue weighted by atomic mass is 9.87. The highest BCUT2D eigenvalue weighted by atomic mass is 19.1. The fourth-order valence-electron chi connectivity index (χ4n) is 1.05. The van der Waals surface area contributed by atoms with Gasteiger partial charge in [-0.05, 0) is 29.2 Å². The van der Waals surface area contributed by atoms with Gasteiger partial charge in [0, 0.05) is 5.69 Å². The van der Waals surface area contributed by atoms with Crippen LogP contribution in [0, 0.1) is 5.82 Å². The van der Waals surface area contributed by atoms with Gasteiger partial charge >= 0.3 is 0 Å². The molecule has 0 heterocycles. The van der Waals surface area contributed by atoms with E-state index in [2.05, 4.69) is 0 Å². The van der Waals surface area contributed by atoms with Crippen LogP contribution < -0.4 is 5.73 Å². The van der Waals surface area contributed by atoms with Gasteiger partial charge in [0.25, 0.3) is 0 Å². The second-order valence-corrected chi connectivity index (χ2v) is 4.02. The maximum atomic E-state index is 12.9. The predicted octanol–water partition coefficient (Wildman–Crippen LogP) is 2.71. The molecule has 0 saturated heterocycles. The van der Waals surface area contributed by atoms with Crippen molar-refractivity contribution in [3.63, 3.8) is 0 Å². The van der Waals surface area contributed by atoms with Crippen LogP contribution in [0.25, 0.3) is 0 Å². The van der Waals surface area contributed by atoms with Crippen LogP contribution in [-0.4, -0.2) is 0 Å². The summed E-state index contributed by atoms with van der Waals surface area (Å²) in [5.74, 6) is -0.264. The van der Waals surface area contributed by atoms with Crippen LogP contribution >= 0.6 is 0 Å². The Balaban J connectivity index is 3.18. The Morgan fingerprint density at radius 2 is 1.75 bits per heavy atom. The van der Waals surface area contributed by atoms with Gasteiger partial charge in [-0.2, -0.15) is 0 Å². The summed E-state index contributed by atoms with van der Waals surface area (Å²) >= 11 is 0. The number of halogens is 1. The van der Waals surface area contributed by atoms with Gasteiger partial charge in [-0.25, -0.2) is 4.39 Å². The minimum absolute atomic E-state index is 0.0454. The van der Waals surface area contributed by atoms with Crippen LogP contribution in [-0.2, 0) is 5.41 Å². The molecule has 1 nitrogen and oxygen atoms in total. The van der Waals surface area contributed by atoms with Crippen molar-refractivity contribution in [1.82, 2.24) is 0 Å². The number of nitrogens with two attached hydrogens (primary N) is 1. The van der Waals surface area contributed by atoms with Gasteiger partial charge in [0.1, 0.15) is 5.82 Å². The first-order valence-corrected chi connectivity index (χ1v) is 3.96. The van der Waals surface area contributed by atoms with Gasteiger partial charge < -0.3 is 5.73 Å². The second-order valence-electron chi connectivity index (χ2n) is 4.02. The Morgan fingerprint density at radius 3 is 2.17 bits per heavy atom. The standard InChI is InChI=1S/C10H14FN/c1-10(2,3)7-4-8(11)6-9(12)5-7/h4-6H,12H2,1-3H3. The molecule has 0 spiro atoms. The Morgan fingerprint density at radius 1 is 1.17 bits per heavy atom. The molecule has 1 aromatic rings. The number of rotatable bonds is 0. The van der Waals surface area contributed by atoms with Crippen molar-refractivity contribution in [1.29, 1.82) is 0 Å². The average Bonchev–Trinajstić information content (AvgIpc) is 1.82.